The molecular weight excluding hydrogens is 1630 g/mol. The Balaban J connectivity index is 4.53. The van der Waals surface area contributed by atoms with Gasteiger partial charge in [0.15, 0.2) is 0 Å². The molecule has 1 aromatic rings. The monoisotopic (exact) mass is 1640 g/mol. The van der Waals surface area contributed by atoms with Gasteiger partial charge in [0.25, 0.3) is 0 Å². The fourth-order valence-electron chi connectivity index (χ4n) is 5.63. The van der Waals surface area contributed by atoms with E-state index in [4.69, 9.17) is 10.0 Å². The molecule has 0 saturated heterocycles. The van der Waals surface area contributed by atoms with Gasteiger partial charge in [-0.1, -0.05) is 18.7 Å². The van der Waals surface area contributed by atoms with E-state index in [0.29, 0.717) is 28.4 Å². The SMILES string of the molecule is C=CC(=O)Nc1cc(B(O)O)ccc1C(F)(OC(F)(F)C(F)(OC(F)(F)C(F)(OC(F)(F)C(F)(OC(F)(F)C(F)(OC(F)(F)C(F)(OC(F)(F)C(F)(OC(F)(F)C(F)(OC(F)(F)C(F)(F)C(F)(F)F)C(F)(F)F)C(F)(F)F)C(F)(F)F)C(F)(F)F)C(F)(F)F)C(F)(F)F)C(F)(F)F)C(F)(F)F. The second-order valence-corrected chi connectivity index (χ2v) is 17.6. The number of anilines is 1. The molecule has 66 heteroatoms. The Morgan fingerprint density at radius 3 is 0.673 bits per heavy atom. The summed E-state index contributed by atoms with van der Waals surface area (Å²) >= 11 is 0. The zero-order valence-corrected chi connectivity index (χ0v) is 43.7. The maximum atomic E-state index is 15.8. The summed E-state index contributed by atoms with van der Waals surface area (Å²) in [4.78, 5) is 11.7. The van der Waals surface area contributed by atoms with Crippen LogP contribution >= 0.6 is 0 Å². The Kier molecular flexibility index (Phi) is 23.9. The van der Waals surface area contributed by atoms with Crippen molar-refractivity contribution in [2.24, 2.45) is 0 Å². The normalized spacial score (nSPS) is 20.1. The van der Waals surface area contributed by atoms with E-state index in [9.17, 15) is 194 Å². The summed E-state index contributed by atoms with van der Waals surface area (Å²) in [6, 6.07) is -2.09. The number of ether oxygens (including phenoxy) is 8. The number of hydrogen-bond acceptors (Lipinski definition) is 11. The average Bonchev–Trinajstić information content (AvgIpc) is 0.711. The number of amides is 1. The van der Waals surface area contributed by atoms with Gasteiger partial charge in [-0.15, -0.1) is 0 Å². The first-order chi connectivity index (χ1) is 43.2. The van der Waals surface area contributed by atoms with Crippen molar-refractivity contribution in [1.82, 2.24) is 0 Å². The fraction of sp³-hybridized carbons (Fsp3) is 0.743. The lowest BCUT2D eigenvalue weighted by molar-refractivity contribution is -0.610. The van der Waals surface area contributed by atoms with Crippen molar-refractivity contribution < 1.29 is 285 Å². The highest BCUT2D eigenvalue weighted by molar-refractivity contribution is 6.58. The third-order valence-corrected chi connectivity index (χ3v) is 10.5. The standard InChI is InChI=1S/C35H9BF53NO11/c1-2-9(91)90-8-5-6(36(92)93)3-4-7(8)10(37,19(47,48)49)94-29(76,77)12(40,21(53,54)55)96-31(80,81)14(42,23(59,60)61)98-33(84,85)16(44,25(65,66)67)100-35(88,89)18(46,27(71,72)73)101-34(86,87)17(45,26(68,69)70)99-32(82,83)15(43,24(62,63)64)97-30(78,79)13(41,22(56,57)58)95-28(74,75)11(38,39)20(50,51)52/h2-5,92-93H,1H2,(H,90,91). The van der Waals surface area contributed by atoms with Crippen LogP contribution in [0.2, 0.25) is 0 Å². The van der Waals surface area contributed by atoms with Crippen LogP contribution < -0.4 is 10.8 Å². The summed E-state index contributed by atoms with van der Waals surface area (Å²) in [6.45, 7) is 2.50. The zero-order valence-electron chi connectivity index (χ0n) is 43.7. The first-order valence-corrected chi connectivity index (χ1v) is 21.7. The van der Waals surface area contributed by atoms with Gasteiger partial charge in [-0.3, -0.25) is 42.7 Å². The van der Waals surface area contributed by atoms with Gasteiger partial charge in [0.05, 0.1) is 0 Å². The Labute approximate surface area is 509 Å². The fourth-order valence-corrected chi connectivity index (χ4v) is 5.63. The smallest absolute Gasteiger partial charge is 0.423 e. The Morgan fingerprint density at radius 1 is 0.307 bits per heavy atom. The van der Waals surface area contributed by atoms with E-state index < -0.39 is 205 Å². The van der Waals surface area contributed by atoms with E-state index in [1.807, 2.05) is 4.74 Å². The van der Waals surface area contributed by atoms with Crippen LogP contribution in [0.3, 0.4) is 0 Å². The van der Waals surface area contributed by atoms with Crippen LogP contribution in [0.1, 0.15) is 5.56 Å². The molecule has 0 aliphatic carbocycles. The van der Waals surface area contributed by atoms with Crippen LogP contribution in [-0.2, 0) is 48.5 Å². The maximum absolute atomic E-state index is 15.8. The molecule has 0 bridgehead atoms. The van der Waals surface area contributed by atoms with Gasteiger partial charge in [0.2, 0.25) is 5.91 Å². The minimum Gasteiger partial charge on any atom is -0.423 e. The van der Waals surface area contributed by atoms with Crippen molar-refractivity contribution in [3.8, 4) is 0 Å². The predicted molar refractivity (Wildman–Crippen MR) is 192 cm³/mol. The van der Waals surface area contributed by atoms with Crippen molar-refractivity contribution in [3.63, 3.8) is 0 Å². The lowest BCUT2D eigenvalue weighted by Crippen LogP contribution is -2.74. The minimum atomic E-state index is -10.3. The molecule has 1 amide bonds. The van der Waals surface area contributed by atoms with Crippen molar-refractivity contribution in [2.45, 2.75) is 157 Å². The Bertz CT molecular complexity index is 3090. The van der Waals surface area contributed by atoms with Gasteiger partial charge in [0.1, 0.15) is 0 Å². The Hall–Kier alpha value is -5.62. The van der Waals surface area contributed by atoms with Crippen LogP contribution in [0.25, 0.3) is 0 Å². The van der Waals surface area contributed by atoms with Crippen LogP contribution in [-0.4, -0.2) is 174 Å². The third-order valence-electron chi connectivity index (χ3n) is 10.5. The highest BCUT2D eigenvalue weighted by Crippen LogP contribution is 2.66. The van der Waals surface area contributed by atoms with Crippen molar-refractivity contribution in [3.05, 3.63) is 36.4 Å². The Morgan fingerprint density at radius 2 is 0.505 bits per heavy atom. The number of alkyl halides is 53. The average molecular weight is 1640 g/mol. The number of benzene rings is 1. The van der Waals surface area contributed by atoms with Gasteiger partial charge >= 0.3 is 164 Å². The van der Waals surface area contributed by atoms with E-state index in [-0.39, 0.29) is 6.08 Å². The summed E-state index contributed by atoms with van der Waals surface area (Å²) in [5.74, 6) is -88.6. The highest BCUT2D eigenvalue weighted by Gasteiger charge is 2.94. The number of halogens is 53. The summed E-state index contributed by atoms with van der Waals surface area (Å²) in [5.41, 5.74) is -7.27. The van der Waals surface area contributed by atoms with Crippen LogP contribution in [0.5, 0.6) is 0 Å². The quantitative estimate of drug-likeness (QED) is 0.0419. The molecule has 1 aromatic carbocycles. The number of carbonyl (C=O) groups excluding carboxylic acids is 1. The molecule has 1 rings (SSSR count). The molecule has 0 saturated carbocycles. The second kappa shape index (κ2) is 25.9. The molecule has 8 unspecified atom stereocenters. The molecule has 0 aliphatic rings. The molecule has 8 atom stereocenters. The topological polar surface area (TPSA) is 143 Å². The molecule has 0 fully saturated rings. The summed E-state index contributed by atoms with van der Waals surface area (Å²) < 4.78 is 755. The summed E-state index contributed by atoms with van der Waals surface area (Å²) in [6.07, 6.45) is -162. The van der Waals surface area contributed by atoms with Gasteiger partial charge in [-0.2, -0.15) is 233 Å². The van der Waals surface area contributed by atoms with Gasteiger partial charge in [0, 0.05) is 11.3 Å². The number of hydrogen-bond donors (Lipinski definition) is 3. The van der Waals surface area contributed by atoms with Crippen molar-refractivity contribution >= 4 is 24.2 Å². The molecule has 12 nitrogen and oxygen atoms in total. The number of nitrogens with one attached hydrogen (secondary N) is 1. The van der Waals surface area contributed by atoms with Gasteiger partial charge < -0.3 is 15.4 Å². The molecule has 0 aromatic heterocycles. The van der Waals surface area contributed by atoms with Crippen LogP contribution in [0.4, 0.5) is 238 Å². The van der Waals surface area contributed by atoms with E-state index in [0.717, 1.165) is 10.1 Å². The van der Waals surface area contributed by atoms with Gasteiger partial charge in [-0.25, -0.2) is 0 Å². The molecule has 0 heterocycles. The molecule has 0 radical (unpaired) electrons. The van der Waals surface area contributed by atoms with Crippen LogP contribution in [0, 0.1) is 0 Å². The first-order valence-electron chi connectivity index (χ1n) is 21.7. The lowest BCUT2D eigenvalue weighted by atomic mass is 9.79. The predicted octanol–water partition coefficient (Wildman–Crippen LogP) is 15.8. The van der Waals surface area contributed by atoms with E-state index >= 15 is 43.9 Å². The summed E-state index contributed by atoms with van der Waals surface area (Å²) in [5, 5.41) is 19.1. The molecule has 3 N–H and O–H groups in total. The molecular formula is C35H9BF53NO11. The first kappa shape index (κ1) is 93.4. The van der Waals surface area contributed by atoms with E-state index in [1.165, 1.54) is 0 Å². The van der Waals surface area contributed by atoms with E-state index in [1.54, 1.807) is 0 Å². The number of carbonyl (C=O) groups is 1. The van der Waals surface area contributed by atoms with Crippen molar-refractivity contribution in [1.29, 1.82) is 0 Å². The minimum absolute atomic E-state index is 0.234. The third kappa shape index (κ3) is 16.0. The second-order valence-electron chi connectivity index (χ2n) is 17.6. The largest absolute Gasteiger partial charge is 0.488 e. The molecule has 0 aliphatic heterocycles. The molecule has 101 heavy (non-hydrogen) atoms. The molecule has 594 valence electrons. The van der Waals surface area contributed by atoms with Gasteiger partial charge in [-0.05, 0) is 17.6 Å². The van der Waals surface area contributed by atoms with Crippen LogP contribution in [0.15, 0.2) is 30.9 Å². The van der Waals surface area contributed by atoms with E-state index in [2.05, 4.69) is 6.58 Å². The van der Waals surface area contributed by atoms with Crippen molar-refractivity contribution in [2.75, 3.05) is 5.32 Å². The zero-order chi connectivity index (χ0) is 82.1. The maximum Gasteiger partial charge on any atom is 0.488 e. The number of rotatable bonds is 28. The lowest BCUT2D eigenvalue weighted by Gasteiger charge is -2.45. The molecule has 0 spiro atoms. The summed E-state index contributed by atoms with van der Waals surface area (Å²) in [7, 11) is -3.20. The highest BCUT2D eigenvalue weighted by atomic mass is 19.5.